The van der Waals surface area contributed by atoms with Gasteiger partial charge in [0.25, 0.3) is 5.91 Å². The molecule has 1 fully saturated rings. The van der Waals surface area contributed by atoms with Crippen LogP contribution < -0.4 is 16.4 Å². The first kappa shape index (κ1) is 9.92. The van der Waals surface area contributed by atoms with E-state index < -0.39 is 5.91 Å². The zero-order valence-electron chi connectivity index (χ0n) is 8.39. The van der Waals surface area contributed by atoms with Crippen molar-refractivity contribution in [1.29, 1.82) is 0 Å². The summed E-state index contributed by atoms with van der Waals surface area (Å²) in [6, 6.07) is 3.79. The van der Waals surface area contributed by atoms with Gasteiger partial charge in [0.2, 0.25) is 0 Å². The third-order valence-corrected chi connectivity index (χ3v) is 2.59. The molecule has 15 heavy (non-hydrogen) atoms. The highest BCUT2D eigenvalue weighted by atomic mass is 16.1. The van der Waals surface area contributed by atoms with E-state index in [0.717, 1.165) is 25.2 Å². The summed E-state index contributed by atoms with van der Waals surface area (Å²) in [5.41, 5.74) is 12.2. The zero-order valence-corrected chi connectivity index (χ0v) is 8.39. The molecule has 0 aliphatic carbocycles. The predicted molar refractivity (Wildman–Crippen MR) is 57.6 cm³/mol. The van der Waals surface area contributed by atoms with Crippen molar-refractivity contribution >= 4 is 11.6 Å². The van der Waals surface area contributed by atoms with Crippen molar-refractivity contribution in [2.24, 2.45) is 11.5 Å². The van der Waals surface area contributed by atoms with E-state index in [1.165, 1.54) is 0 Å². The van der Waals surface area contributed by atoms with Gasteiger partial charge >= 0.3 is 0 Å². The summed E-state index contributed by atoms with van der Waals surface area (Å²) in [6.45, 7) is 1.74. The topological polar surface area (TPSA) is 85.2 Å². The molecule has 1 atom stereocenters. The number of nitrogens with two attached hydrogens (primary N) is 2. The number of pyridine rings is 1. The number of amides is 1. The Labute approximate surface area is 88.1 Å². The second-order valence-corrected chi connectivity index (χ2v) is 3.76. The number of aromatic nitrogens is 1. The van der Waals surface area contributed by atoms with Crippen molar-refractivity contribution in [2.45, 2.75) is 12.5 Å². The summed E-state index contributed by atoms with van der Waals surface area (Å²) in [6.07, 6.45) is 2.58. The molecule has 0 aromatic carbocycles. The number of anilines is 1. The van der Waals surface area contributed by atoms with E-state index >= 15 is 0 Å². The number of carbonyl (C=O) groups is 1. The summed E-state index contributed by atoms with van der Waals surface area (Å²) >= 11 is 0. The molecule has 0 spiro atoms. The highest BCUT2D eigenvalue weighted by molar-refractivity contribution is 5.91. The van der Waals surface area contributed by atoms with E-state index in [1.54, 1.807) is 12.3 Å². The minimum Gasteiger partial charge on any atom is -0.370 e. The average molecular weight is 206 g/mol. The van der Waals surface area contributed by atoms with Crippen LogP contribution in [0, 0.1) is 0 Å². The van der Waals surface area contributed by atoms with Crippen molar-refractivity contribution in [2.75, 3.05) is 18.0 Å². The number of carbonyl (C=O) groups excluding carboxylic acids is 1. The molecule has 1 unspecified atom stereocenters. The molecule has 1 saturated heterocycles. The molecule has 4 N–H and O–H groups in total. The minimum absolute atomic E-state index is 0.218. The molecule has 80 valence electrons. The summed E-state index contributed by atoms with van der Waals surface area (Å²) in [5.74, 6) is -0.500. The van der Waals surface area contributed by atoms with Crippen LogP contribution in [0.25, 0.3) is 0 Å². The van der Waals surface area contributed by atoms with Crippen LogP contribution in [-0.4, -0.2) is 30.0 Å². The van der Waals surface area contributed by atoms with Gasteiger partial charge in [-0.05, 0) is 18.6 Å². The molecule has 0 saturated carbocycles. The maximum absolute atomic E-state index is 10.9. The predicted octanol–water partition coefficient (Wildman–Crippen LogP) is -0.282. The van der Waals surface area contributed by atoms with Crippen LogP contribution >= 0.6 is 0 Å². The van der Waals surface area contributed by atoms with E-state index in [-0.39, 0.29) is 6.04 Å². The Kier molecular flexibility index (Phi) is 2.55. The second-order valence-electron chi connectivity index (χ2n) is 3.76. The lowest BCUT2D eigenvalue weighted by Gasteiger charge is -2.17. The van der Waals surface area contributed by atoms with Crippen molar-refractivity contribution in [1.82, 2.24) is 4.98 Å². The minimum atomic E-state index is -0.500. The molecule has 5 heteroatoms. The fraction of sp³-hybridized carbons (Fsp3) is 0.400. The molecular weight excluding hydrogens is 192 g/mol. The van der Waals surface area contributed by atoms with E-state index in [9.17, 15) is 4.79 Å². The van der Waals surface area contributed by atoms with Gasteiger partial charge in [0.05, 0.1) is 0 Å². The first-order valence-electron chi connectivity index (χ1n) is 4.93. The largest absolute Gasteiger partial charge is 0.370 e. The van der Waals surface area contributed by atoms with E-state index in [4.69, 9.17) is 11.5 Å². The molecule has 1 amide bonds. The summed E-state index contributed by atoms with van der Waals surface area (Å²) in [7, 11) is 0. The Bertz CT molecular complexity index is 379. The zero-order chi connectivity index (χ0) is 10.8. The highest BCUT2D eigenvalue weighted by Crippen LogP contribution is 2.19. The first-order chi connectivity index (χ1) is 7.16. The SMILES string of the molecule is NC(=O)c1cc(N2CCC(N)C2)ccn1. The second kappa shape index (κ2) is 3.86. The molecule has 1 aliphatic rings. The van der Waals surface area contributed by atoms with Crippen molar-refractivity contribution < 1.29 is 4.79 Å². The van der Waals surface area contributed by atoms with Gasteiger partial charge in [-0.1, -0.05) is 0 Å². The van der Waals surface area contributed by atoms with Gasteiger partial charge in [-0.3, -0.25) is 9.78 Å². The average Bonchev–Trinajstić information content (AvgIpc) is 2.65. The van der Waals surface area contributed by atoms with Crippen LogP contribution in [0.1, 0.15) is 16.9 Å². The Morgan fingerprint density at radius 1 is 1.60 bits per heavy atom. The summed E-state index contributed by atoms with van der Waals surface area (Å²) in [5, 5.41) is 0. The number of hydrogen-bond donors (Lipinski definition) is 2. The van der Waals surface area contributed by atoms with Crippen LogP contribution in [-0.2, 0) is 0 Å². The molecule has 5 nitrogen and oxygen atoms in total. The van der Waals surface area contributed by atoms with Crippen molar-refractivity contribution in [3.63, 3.8) is 0 Å². The van der Waals surface area contributed by atoms with Crippen LogP contribution in [0.3, 0.4) is 0 Å². The van der Waals surface area contributed by atoms with Crippen LogP contribution in [0.5, 0.6) is 0 Å². The molecule has 1 aromatic heterocycles. The maximum atomic E-state index is 10.9. The Morgan fingerprint density at radius 2 is 2.40 bits per heavy atom. The van der Waals surface area contributed by atoms with Gasteiger partial charge < -0.3 is 16.4 Å². The molecule has 1 aromatic rings. The Morgan fingerprint density at radius 3 is 3.00 bits per heavy atom. The third-order valence-electron chi connectivity index (χ3n) is 2.59. The maximum Gasteiger partial charge on any atom is 0.267 e. The van der Waals surface area contributed by atoms with Crippen LogP contribution in [0.15, 0.2) is 18.3 Å². The molecule has 2 rings (SSSR count). The number of rotatable bonds is 2. The lowest BCUT2D eigenvalue weighted by molar-refractivity contribution is 0.0995. The van der Waals surface area contributed by atoms with Crippen LogP contribution in [0.4, 0.5) is 5.69 Å². The van der Waals surface area contributed by atoms with Gasteiger partial charge in [0.1, 0.15) is 5.69 Å². The lowest BCUT2D eigenvalue weighted by Crippen LogP contribution is -2.26. The monoisotopic (exact) mass is 206 g/mol. The standard InChI is InChI=1S/C10H14N4O/c11-7-2-4-14(6-7)8-1-3-13-9(5-8)10(12)15/h1,3,5,7H,2,4,6,11H2,(H2,12,15). The fourth-order valence-corrected chi connectivity index (χ4v) is 1.77. The van der Waals surface area contributed by atoms with Gasteiger partial charge in [0.15, 0.2) is 0 Å². The number of nitrogens with zero attached hydrogens (tertiary/aromatic N) is 2. The molecule has 2 heterocycles. The Balaban J connectivity index is 2.21. The number of primary amides is 1. The third kappa shape index (κ3) is 2.07. The summed E-state index contributed by atoms with van der Waals surface area (Å²) in [4.78, 5) is 17.0. The molecular formula is C10H14N4O. The smallest absolute Gasteiger partial charge is 0.267 e. The van der Waals surface area contributed by atoms with Gasteiger partial charge in [-0.2, -0.15) is 0 Å². The molecule has 1 aliphatic heterocycles. The Hall–Kier alpha value is -1.62. The normalized spacial score (nSPS) is 20.6. The van der Waals surface area contributed by atoms with E-state index in [0.29, 0.717) is 5.69 Å². The highest BCUT2D eigenvalue weighted by Gasteiger charge is 2.19. The van der Waals surface area contributed by atoms with Crippen LogP contribution in [0.2, 0.25) is 0 Å². The van der Waals surface area contributed by atoms with Gasteiger partial charge in [-0.15, -0.1) is 0 Å². The first-order valence-corrected chi connectivity index (χ1v) is 4.93. The lowest BCUT2D eigenvalue weighted by atomic mass is 10.3. The quantitative estimate of drug-likeness (QED) is 0.696. The summed E-state index contributed by atoms with van der Waals surface area (Å²) < 4.78 is 0. The molecule has 0 bridgehead atoms. The van der Waals surface area contributed by atoms with E-state index in [2.05, 4.69) is 9.88 Å². The van der Waals surface area contributed by atoms with Gasteiger partial charge in [0, 0.05) is 31.0 Å². The van der Waals surface area contributed by atoms with Crippen molar-refractivity contribution in [3.05, 3.63) is 24.0 Å². The van der Waals surface area contributed by atoms with Crippen molar-refractivity contribution in [3.8, 4) is 0 Å². The number of hydrogen-bond acceptors (Lipinski definition) is 4. The van der Waals surface area contributed by atoms with Gasteiger partial charge in [-0.25, -0.2) is 0 Å². The van der Waals surface area contributed by atoms with E-state index in [1.807, 2.05) is 6.07 Å². The molecule has 0 radical (unpaired) electrons. The fourth-order valence-electron chi connectivity index (χ4n) is 1.77.